The Kier molecular flexibility index (Phi) is 5.01. The van der Waals surface area contributed by atoms with E-state index in [1.165, 1.54) is 22.5 Å². The number of benzene rings is 1. The molecule has 0 N–H and O–H groups in total. The van der Waals surface area contributed by atoms with Crippen LogP contribution >= 0.6 is 0 Å². The number of imidazole rings is 1. The highest BCUT2D eigenvalue weighted by molar-refractivity contribution is 7.89. The van der Waals surface area contributed by atoms with Crippen LogP contribution in [-0.4, -0.2) is 35.4 Å². The summed E-state index contributed by atoms with van der Waals surface area (Å²) in [5.74, 6) is 0.964. The minimum atomic E-state index is -3.61. The lowest BCUT2D eigenvalue weighted by molar-refractivity contribution is 0.251. The fourth-order valence-electron chi connectivity index (χ4n) is 3.21. The maximum Gasteiger partial charge on any atom is 0.243 e. The van der Waals surface area contributed by atoms with Gasteiger partial charge < -0.3 is 4.57 Å². The van der Waals surface area contributed by atoms with Crippen LogP contribution in [0.3, 0.4) is 0 Å². The molecule has 0 bridgehead atoms. The molecule has 0 spiro atoms. The molecule has 2 aromatic rings. The van der Waals surface area contributed by atoms with Crippen LogP contribution in [0.4, 0.5) is 4.39 Å². The molecule has 3 rings (SSSR count). The van der Waals surface area contributed by atoms with Crippen molar-refractivity contribution in [3.05, 3.63) is 48.3 Å². The maximum atomic E-state index is 13.3. The van der Waals surface area contributed by atoms with Gasteiger partial charge in [0.2, 0.25) is 10.0 Å². The Morgan fingerprint density at radius 1 is 1.29 bits per heavy atom. The highest BCUT2D eigenvalue weighted by Gasteiger charge is 2.29. The van der Waals surface area contributed by atoms with Gasteiger partial charge in [-0.3, -0.25) is 0 Å². The number of rotatable bonds is 5. The zero-order valence-corrected chi connectivity index (χ0v) is 14.5. The summed E-state index contributed by atoms with van der Waals surface area (Å²) < 4.78 is 42.2. The van der Waals surface area contributed by atoms with Crippen molar-refractivity contribution in [2.45, 2.75) is 37.6 Å². The summed E-state index contributed by atoms with van der Waals surface area (Å²) in [7, 11) is -3.61. The highest BCUT2D eigenvalue weighted by atomic mass is 32.2. The van der Waals surface area contributed by atoms with E-state index in [1.807, 2.05) is 12.4 Å². The van der Waals surface area contributed by atoms with Crippen LogP contribution in [-0.2, 0) is 23.0 Å². The van der Waals surface area contributed by atoms with Crippen molar-refractivity contribution in [1.82, 2.24) is 13.9 Å². The number of sulfonamides is 1. The van der Waals surface area contributed by atoms with Crippen molar-refractivity contribution in [1.29, 1.82) is 0 Å². The van der Waals surface area contributed by atoms with Gasteiger partial charge in [0.05, 0.1) is 4.90 Å². The van der Waals surface area contributed by atoms with Gasteiger partial charge in [0.1, 0.15) is 11.6 Å². The Balaban J connectivity index is 1.64. The quantitative estimate of drug-likeness (QED) is 0.832. The van der Waals surface area contributed by atoms with E-state index in [0.717, 1.165) is 37.7 Å². The molecular formula is C17H22FN3O2S. The maximum absolute atomic E-state index is 13.3. The third-order valence-corrected chi connectivity index (χ3v) is 6.47. The monoisotopic (exact) mass is 351 g/mol. The second-order valence-electron chi connectivity index (χ2n) is 6.15. The van der Waals surface area contributed by atoms with Crippen molar-refractivity contribution in [2.24, 2.45) is 5.92 Å². The summed E-state index contributed by atoms with van der Waals surface area (Å²) in [5.41, 5.74) is 0. The topological polar surface area (TPSA) is 55.2 Å². The predicted octanol–water partition coefficient (Wildman–Crippen LogP) is 2.69. The first-order valence-electron chi connectivity index (χ1n) is 8.26. The van der Waals surface area contributed by atoms with Crippen LogP contribution in [0, 0.1) is 11.7 Å². The van der Waals surface area contributed by atoms with E-state index in [-0.39, 0.29) is 4.90 Å². The van der Waals surface area contributed by atoms with Gasteiger partial charge in [0.25, 0.3) is 0 Å². The molecule has 1 aromatic carbocycles. The SMILES string of the molecule is CCc1nccn1CC1CCN(S(=O)(=O)c2cccc(F)c2)CC1. The molecular weight excluding hydrogens is 329 g/mol. The van der Waals surface area contributed by atoms with Gasteiger partial charge in [-0.1, -0.05) is 13.0 Å². The van der Waals surface area contributed by atoms with Crippen molar-refractivity contribution in [3.8, 4) is 0 Å². The zero-order valence-electron chi connectivity index (χ0n) is 13.7. The Bertz CT molecular complexity index is 796. The normalized spacial score (nSPS) is 17.2. The zero-order chi connectivity index (χ0) is 17.2. The molecule has 0 amide bonds. The van der Waals surface area contributed by atoms with Crippen LogP contribution in [0.2, 0.25) is 0 Å². The van der Waals surface area contributed by atoms with Crippen molar-refractivity contribution in [3.63, 3.8) is 0 Å². The molecule has 0 aliphatic carbocycles. The fourth-order valence-corrected chi connectivity index (χ4v) is 4.71. The molecule has 7 heteroatoms. The molecule has 1 aliphatic heterocycles. The van der Waals surface area contributed by atoms with E-state index in [9.17, 15) is 12.8 Å². The van der Waals surface area contributed by atoms with E-state index in [0.29, 0.717) is 19.0 Å². The fraction of sp³-hybridized carbons (Fsp3) is 0.471. The molecule has 0 radical (unpaired) electrons. The Hall–Kier alpha value is -1.73. The van der Waals surface area contributed by atoms with Crippen LogP contribution in [0.1, 0.15) is 25.6 Å². The summed E-state index contributed by atoms with van der Waals surface area (Å²) in [4.78, 5) is 4.35. The van der Waals surface area contributed by atoms with Gasteiger partial charge in [-0.2, -0.15) is 4.31 Å². The van der Waals surface area contributed by atoms with Crippen LogP contribution < -0.4 is 0 Å². The molecule has 1 saturated heterocycles. The van der Waals surface area contributed by atoms with Crippen molar-refractivity contribution < 1.29 is 12.8 Å². The van der Waals surface area contributed by atoms with Gasteiger partial charge >= 0.3 is 0 Å². The molecule has 130 valence electrons. The lowest BCUT2D eigenvalue weighted by Gasteiger charge is -2.31. The minimum absolute atomic E-state index is 0.0313. The predicted molar refractivity (Wildman–Crippen MR) is 89.5 cm³/mol. The number of aryl methyl sites for hydroxylation is 1. The second kappa shape index (κ2) is 7.03. The molecule has 0 unspecified atom stereocenters. The molecule has 1 aliphatic rings. The third kappa shape index (κ3) is 3.52. The minimum Gasteiger partial charge on any atom is -0.335 e. The van der Waals surface area contributed by atoms with Crippen LogP contribution in [0.5, 0.6) is 0 Å². The average molecular weight is 351 g/mol. The highest BCUT2D eigenvalue weighted by Crippen LogP contribution is 2.25. The average Bonchev–Trinajstić information content (AvgIpc) is 3.02. The first-order valence-corrected chi connectivity index (χ1v) is 9.70. The summed E-state index contributed by atoms with van der Waals surface area (Å²) in [6.07, 6.45) is 6.28. The first kappa shape index (κ1) is 17.1. The molecule has 24 heavy (non-hydrogen) atoms. The van der Waals surface area contributed by atoms with Gasteiger partial charge in [-0.15, -0.1) is 0 Å². The lowest BCUT2D eigenvalue weighted by Crippen LogP contribution is -2.39. The van der Waals surface area contributed by atoms with Crippen LogP contribution in [0.25, 0.3) is 0 Å². The lowest BCUT2D eigenvalue weighted by atomic mass is 9.98. The number of nitrogens with zero attached hydrogens (tertiary/aromatic N) is 3. The summed E-state index contributed by atoms with van der Waals surface area (Å²) >= 11 is 0. The molecule has 0 atom stereocenters. The van der Waals surface area contributed by atoms with E-state index < -0.39 is 15.8 Å². The number of halogens is 1. The molecule has 5 nitrogen and oxygen atoms in total. The summed E-state index contributed by atoms with van der Waals surface area (Å²) in [5, 5.41) is 0. The summed E-state index contributed by atoms with van der Waals surface area (Å²) in [6, 6.07) is 5.21. The molecule has 1 aromatic heterocycles. The molecule has 1 fully saturated rings. The van der Waals surface area contributed by atoms with Crippen LogP contribution in [0.15, 0.2) is 41.6 Å². The number of hydrogen-bond donors (Lipinski definition) is 0. The molecule has 0 saturated carbocycles. The molecule has 2 heterocycles. The van der Waals surface area contributed by atoms with Gasteiger partial charge in [-0.25, -0.2) is 17.8 Å². The third-order valence-electron chi connectivity index (χ3n) is 4.58. The van der Waals surface area contributed by atoms with E-state index in [2.05, 4.69) is 16.5 Å². The number of piperidine rings is 1. The van der Waals surface area contributed by atoms with Gasteiger partial charge in [0.15, 0.2) is 0 Å². The van der Waals surface area contributed by atoms with Crippen molar-refractivity contribution >= 4 is 10.0 Å². The Morgan fingerprint density at radius 2 is 2.04 bits per heavy atom. The number of hydrogen-bond acceptors (Lipinski definition) is 3. The van der Waals surface area contributed by atoms with E-state index in [4.69, 9.17) is 0 Å². The van der Waals surface area contributed by atoms with Gasteiger partial charge in [0, 0.05) is 38.4 Å². The largest absolute Gasteiger partial charge is 0.335 e. The second-order valence-corrected chi connectivity index (χ2v) is 8.09. The smallest absolute Gasteiger partial charge is 0.243 e. The van der Waals surface area contributed by atoms with E-state index in [1.54, 1.807) is 0 Å². The van der Waals surface area contributed by atoms with Crippen molar-refractivity contribution in [2.75, 3.05) is 13.1 Å². The van der Waals surface area contributed by atoms with E-state index >= 15 is 0 Å². The Morgan fingerprint density at radius 3 is 2.71 bits per heavy atom. The standard InChI is InChI=1S/C17H22FN3O2S/c1-2-17-19-8-11-20(17)13-14-6-9-21(10-7-14)24(22,23)16-5-3-4-15(18)12-16/h3-5,8,11-12,14H,2,6-7,9-10,13H2,1H3. The first-order chi connectivity index (χ1) is 11.5. The summed E-state index contributed by atoms with van der Waals surface area (Å²) in [6.45, 7) is 3.89. The van der Waals surface area contributed by atoms with Gasteiger partial charge in [-0.05, 0) is 37.0 Å². The number of aromatic nitrogens is 2. The Labute approximate surface area is 142 Å².